The number of rotatable bonds is 18. The Morgan fingerprint density at radius 3 is 2.00 bits per heavy atom. The van der Waals surface area contributed by atoms with Crippen molar-refractivity contribution < 1.29 is 14.6 Å². The van der Waals surface area contributed by atoms with Gasteiger partial charge in [0.1, 0.15) is 5.82 Å². The van der Waals surface area contributed by atoms with E-state index in [1.54, 1.807) is 12.1 Å². The number of hydrogen-bond donors (Lipinski definition) is 4. The zero-order chi connectivity index (χ0) is 22.7. The molecule has 6 heteroatoms. The normalized spacial score (nSPS) is 13.0. The van der Waals surface area contributed by atoms with Crippen molar-refractivity contribution in [3.8, 4) is 0 Å². The second-order valence-corrected chi connectivity index (χ2v) is 8.90. The first-order valence-electron chi connectivity index (χ1n) is 12.2. The SMILES string of the molecule is CCCCCCCCCCCCCCC[C@@H](O)[C@H](CO)NC(=S)Nc1cccc(F)c1. The first-order valence-corrected chi connectivity index (χ1v) is 12.6. The summed E-state index contributed by atoms with van der Waals surface area (Å²) in [6, 6.07) is 5.46. The Hall–Kier alpha value is -1.24. The third kappa shape index (κ3) is 14.4. The van der Waals surface area contributed by atoms with E-state index in [2.05, 4.69) is 17.6 Å². The molecule has 0 aliphatic rings. The summed E-state index contributed by atoms with van der Waals surface area (Å²) in [6.45, 7) is 2.04. The Bertz CT molecular complexity index is 588. The molecule has 0 aliphatic heterocycles. The fraction of sp³-hybridized carbons (Fsp3) is 0.720. The summed E-state index contributed by atoms with van der Waals surface area (Å²) in [5, 5.41) is 26.0. The Morgan fingerprint density at radius 1 is 0.935 bits per heavy atom. The van der Waals surface area contributed by atoms with Crippen molar-refractivity contribution in [2.75, 3.05) is 11.9 Å². The number of unbranched alkanes of at least 4 members (excludes halogenated alkanes) is 12. The third-order valence-electron chi connectivity index (χ3n) is 5.66. The minimum atomic E-state index is -0.676. The lowest BCUT2D eigenvalue weighted by atomic mass is 10.0. The molecule has 1 aromatic carbocycles. The quantitative estimate of drug-likeness (QED) is 0.154. The van der Waals surface area contributed by atoms with Crippen LogP contribution in [0.1, 0.15) is 96.8 Å². The predicted molar refractivity (Wildman–Crippen MR) is 133 cm³/mol. The molecular formula is C25H43FN2O2S. The Kier molecular flexibility index (Phi) is 16.4. The van der Waals surface area contributed by atoms with Gasteiger partial charge in [-0.2, -0.15) is 0 Å². The lowest BCUT2D eigenvalue weighted by Gasteiger charge is -2.24. The van der Waals surface area contributed by atoms with E-state index in [9.17, 15) is 14.6 Å². The molecule has 0 amide bonds. The maximum Gasteiger partial charge on any atom is 0.171 e. The highest BCUT2D eigenvalue weighted by atomic mass is 32.1. The summed E-state index contributed by atoms with van der Waals surface area (Å²) < 4.78 is 13.2. The number of nitrogens with one attached hydrogen (secondary N) is 2. The van der Waals surface area contributed by atoms with Gasteiger partial charge in [0.2, 0.25) is 0 Å². The average molecular weight is 455 g/mol. The molecule has 0 bridgehead atoms. The molecule has 0 aliphatic carbocycles. The molecule has 0 heterocycles. The maximum absolute atomic E-state index is 13.2. The van der Waals surface area contributed by atoms with E-state index in [1.807, 2.05) is 0 Å². The molecule has 31 heavy (non-hydrogen) atoms. The van der Waals surface area contributed by atoms with Crippen LogP contribution in [0, 0.1) is 5.82 Å². The van der Waals surface area contributed by atoms with Gasteiger partial charge in [0, 0.05) is 5.69 Å². The van der Waals surface area contributed by atoms with Crippen molar-refractivity contribution in [1.29, 1.82) is 0 Å². The largest absolute Gasteiger partial charge is 0.394 e. The van der Waals surface area contributed by atoms with Crippen LogP contribution >= 0.6 is 12.2 Å². The number of thiocarbonyl (C=S) groups is 1. The number of aliphatic hydroxyl groups excluding tert-OH is 2. The van der Waals surface area contributed by atoms with Gasteiger partial charge in [0.15, 0.2) is 5.11 Å². The van der Waals surface area contributed by atoms with E-state index < -0.39 is 12.1 Å². The van der Waals surface area contributed by atoms with Gasteiger partial charge in [0.25, 0.3) is 0 Å². The van der Waals surface area contributed by atoms with Crippen molar-refractivity contribution in [2.45, 2.75) is 109 Å². The molecule has 4 N–H and O–H groups in total. The number of halogens is 1. The lowest BCUT2D eigenvalue weighted by molar-refractivity contribution is 0.0904. The zero-order valence-electron chi connectivity index (χ0n) is 19.3. The molecule has 4 nitrogen and oxygen atoms in total. The number of aliphatic hydroxyl groups is 2. The predicted octanol–water partition coefficient (Wildman–Crippen LogP) is 6.32. The van der Waals surface area contributed by atoms with Crippen molar-refractivity contribution >= 4 is 23.0 Å². The van der Waals surface area contributed by atoms with Crippen LogP contribution in [-0.2, 0) is 0 Å². The van der Waals surface area contributed by atoms with Crippen LogP contribution in [0.4, 0.5) is 10.1 Å². The minimum absolute atomic E-state index is 0.218. The Morgan fingerprint density at radius 2 is 1.48 bits per heavy atom. The first kappa shape index (κ1) is 27.8. The molecule has 0 saturated heterocycles. The third-order valence-corrected chi connectivity index (χ3v) is 5.88. The first-order chi connectivity index (χ1) is 15.1. The van der Waals surface area contributed by atoms with Gasteiger partial charge in [-0.05, 0) is 36.8 Å². The highest BCUT2D eigenvalue weighted by Gasteiger charge is 2.19. The molecule has 0 fully saturated rings. The fourth-order valence-electron chi connectivity index (χ4n) is 3.74. The highest BCUT2D eigenvalue weighted by Crippen LogP contribution is 2.14. The van der Waals surface area contributed by atoms with Crippen LogP contribution in [0.15, 0.2) is 24.3 Å². The molecule has 2 atom stereocenters. The molecule has 0 spiro atoms. The minimum Gasteiger partial charge on any atom is -0.394 e. The average Bonchev–Trinajstić information content (AvgIpc) is 2.75. The molecule has 1 aromatic rings. The van der Waals surface area contributed by atoms with Gasteiger partial charge in [-0.3, -0.25) is 0 Å². The maximum atomic E-state index is 13.2. The smallest absolute Gasteiger partial charge is 0.171 e. The van der Waals surface area contributed by atoms with Crippen LogP contribution in [-0.4, -0.2) is 34.1 Å². The van der Waals surface area contributed by atoms with E-state index in [0.29, 0.717) is 12.1 Å². The van der Waals surface area contributed by atoms with Crippen molar-refractivity contribution in [3.05, 3.63) is 30.1 Å². The highest BCUT2D eigenvalue weighted by molar-refractivity contribution is 7.80. The summed E-state index contributed by atoms with van der Waals surface area (Å²) in [5.41, 5.74) is 0.528. The molecule has 1 rings (SSSR count). The molecule has 0 aromatic heterocycles. The van der Waals surface area contributed by atoms with E-state index in [-0.39, 0.29) is 17.5 Å². The summed E-state index contributed by atoms with van der Waals surface area (Å²) in [6.07, 6.45) is 16.7. The van der Waals surface area contributed by atoms with Crippen LogP contribution in [0.5, 0.6) is 0 Å². The van der Waals surface area contributed by atoms with Crippen molar-refractivity contribution in [3.63, 3.8) is 0 Å². The fourth-order valence-corrected chi connectivity index (χ4v) is 4.01. The Labute approximate surface area is 194 Å². The van der Waals surface area contributed by atoms with Gasteiger partial charge in [-0.1, -0.05) is 96.5 Å². The van der Waals surface area contributed by atoms with E-state index in [4.69, 9.17) is 12.2 Å². The van der Waals surface area contributed by atoms with Gasteiger partial charge in [-0.15, -0.1) is 0 Å². The Balaban J connectivity index is 2.05. The van der Waals surface area contributed by atoms with Gasteiger partial charge >= 0.3 is 0 Å². The van der Waals surface area contributed by atoms with Crippen LogP contribution in [0.3, 0.4) is 0 Å². The monoisotopic (exact) mass is 454 g/mol. The topological polar surface area (TPSA) is 64.5 Å². The number of anilines is 1. The van der Waals surface area contributed by atoms with Crippen molar-refractivity contribution in [2.24, 2.45) is 0 Å². The van der Waals surface area contributed by atoms with Crippen LogP contribution < -0.4 is 10.6 Å². The van der Waals surface area contributed by atoms with E-state index >= 15 is 0 Å². The summed E-state index contributed by atoms with van der Waals surface area (Å²) >= 11 is 5.21. The van der Waals surface area contributed by atoms with Crippen LogP contribution in [0.25, 0.3) is 0 Å². The molecule has 178 valence electrons. The number of benzene rings is 1. The molecular weight excluding hydrogens is 411 g/mol. The van der Waals surface area contributed by atoms with E-state index in [1.165, 1.54) is 82.8 Å². The van der Waals surface area contributed by atoms with Crippen LogP contribution in [0.2, 0.25) is 0 Å². The zero-order valence-corrected chi connectivity index (χ0v) is 20.1. The second-order valence-electron chi connectivity index (χ2n) is 8.50. The van der Waals surface area contributed by atoms with Crippen molar-refractivity contribution in [1.82, 2.24) is 5.32 Å². The lowest BCUT2D eigenvalue weighted by Crippen LogP contribution is -2.47. The van der Waals surface area contributed by atoms with Gasteiger partial charge in [-0.25, -0.2) is 4.39 Å². The second kappa shape index (κ2) is 18.3. The summed E-state index contributed by atoms with van der Waals surface area (Å²) in [7, 11) is 0. The van der Waals surface area contributed by atoms with Gasteiger partial charge < -0.3 is 20.8 Å². The number of hydrogen-bond acceptors (Lipinski definition) is 3. The summed E-state index contributed by atoms with van der Waals surface area (Å²) in [4.78, 5) is 0. The standard InChI is InChI=1S/C25H43FN2O2S/c1-2-3-4-5-6-7-8-9-10-11-12-13-14-18-24(30)23(20-29)28-25(31)27-22-17-15-16-21(26)19-22/h15-17,19,23-24,29-30H,2-14,18,20H2,1H3,(H2,27,28,31)/t23-,24+/m0/s1. The van der Waals surface area contributed by atoms with Gasteiger partial charge in [0.05, 0.1) is 18.8 Å². The summed E-state index contributed by atoms with van der Waals surface area (Å²) in [5.74, 6) is -0.353. The molecule has 0 unspecified atom stereocenters. The molecule has 0 radical (unpaired) electrons. The molecule has 0 saturated carbocycles. The van der Waals surface area contributed by atoms with E-state index in [0.717, 1.165) is 12.8 Å².